The molecule has 2 aliphatic rings. The van der Waals surface area contributed by atoms with Gasteiger partial charge in [-0.1, -0.05) is 27.7 Å². The lowest BCUT2D eigenvalue weighted by Gasteiger charge is -2.28. The molecule has 4 atom stereocenters. The molecule has 1 saturated heterocycles. The highest BCUT2D eigenvalue weighted by Crippen LogP contribution is 2.53. The van der Waals surface area contributed by atoms with Gasteiger partial charge in [0, 0.05) is 5.92 Å². The van der Waals surface area contributed by atoms with Gasteiger partial charge in [-0.25, -0.2) is 0 Å². The number of ether oxygens (including phenoxy) is 2. The van der Waals surface area contributed by atoms with Crippen LogP contribution in [0.5, 0.6) is 0 Å². The van der Waals surface area contributed by atoms with E-state index in [2.05, 4.69) is 34.6 Å². The van der Waals surface area contributed by atoms with Gasteiger partial charge in [0.1, 0.15) is 0 Å². The molecule has 1 heterocycles. The van der Waals surface area contributed by atoms with E-state index in [1.165, 1.54) is 12.8 Å². The van der Waals surface area contributed by atoms with Crippen LogP contribution in [0.3, 0.4) is 0 Å². The summed E-state index contributed by atoms with van der Waals surface area (Å²) in [5, 5.41) is 0. The molecule has 0 bridgehead atoms. The Morgan fingerprint density at radius 3 is 2.33 bits per heavy atom. The summed E-state index contributed by atoms with van der Waals surface area (Å²) < 4.78 is 12.2. The average molecular weight is 212 g/mol. The van der Waals surface area contributed by atoms with Crippen molar-refractivity contribution in [3.05, 3.63) is 0 Å². The molecular formula is C13H24O2. The minimum atomic E-state index is -0.00472. The first-order valence-electron chi connectivity index (χ1n) is 6.25. The Morgan fingerprint density at radius 2 is 1.80 bits per heavy atom. The molecule has 1 saturated carbocycles. The van der Waals surface area contributed by atoms with E-state index in [1.54, 1.807) is 0 Å². The van der Waals surface area contributed by atoms with Crippen molar-refractivity contribution in [2.75, 3.05) is 0 Å². The van der Waals surface area contributed by atoms with Gasteiger partial charge in [-0.15, -0.1) is 0 Å². The summed E-state index contributed by atoms with van der Waals surface area (Å²) in [5.74, 6) is 1.77. The summed E-state index contributed by atoms with van der Waals surface area (Å²) in [5.41, 5.74) is 0.124. The van der Waals surface area contributed by atoms with Crippen LogP contribution in [0.4, 0.5) is 0 Å². The van der Waals surface area contributed by atoms with Crippen LogP contribution in [0, 0.1) is 17.8 Å². The Balaban J connectivity index is 2.08. The maximum Gasteiger partial charge on any atom is 0.160 e. The van der Waals surface area contributed by atoms with Gasteiger partial charge in [-0.05, 0) is 31.6 Å². The second-order valence-corrected chi connectivity index (χ2v) is 6.10. The molecule has 2 heteroatoms. The Morgan fingerprint density at radius 1 is 1.13 bits per heavy atom. The molecule has 0 radical (unpaired) electrons. The van der Waals surface area contributed by atoms with Crippen LogP contribution < -0.4 is 0 Å². The van der Waals surface area contributed by atoms with E-state index in [0.29, 0.717) is 17.9 Å². The molecule has 0 unspecified atom stereocenters. The molecule has 0 aromatic carbocycles. The van der Waals surface area contributed by atoms with Gasteiger partial charge in [0.25, 0.3) is 0 Å². The van der Waals surface area contributed by atoms with Crippen LogP contribution in [0.15, 0.2) is 0 Å². The summed E-state index contributed by atoms with van der Waals surface area (Å²) in [6.07, 6.45) is 2.78. The molecule has 2 fully saturated rings. The van der Waals surface area contributed by atoms with Crippen molar-refractivity contribution in [1.82, 2.24) is 0 Å². The highest BCUT2D eigenvalue weighted by atomic mass is 16.7. The van der Waals surface area contributed by atoms with Gasteiger partial charge in [-0.3, -0.25) is 0 Å². The van der Waals surface area contributed by atoms with Gasteiger partial charge in [0.2, 0.25) is 0 Å². The molecule has 1 aliphatic carbocycles. The molecule has 15 heavy (non-hydrogen) atoms. The summed E-state index contributed by atoms with van der Waals surface area (Å²) in [4.78, 5) is 0. The minimum absolute atomic E-state index is 0.00472. The van der Waals surface area contributed by atoms with Crippen LogP contribution in [-0.2, 0) is 9.47 Å². The highest BCUT2D eigenvalue weighted by Gasteiger charge is 2.56. The lowest BCUT2D eigenvalue weighted by molar-refractivity contribution is -0.213. The quantitative estimate of drug-likeness (QED) is 0.699. The molecule has 0 amide bonds. The monoisotopic (exact) mass is 212 g/mol. The normalized spacial score (nSPS) is 45.4. The van der Waals surface area contributed by atoms with Crippen LogP contribution >= 0.6 is 0 Å². The topological polar surface area (TPSA) is 18.5 Å². The van der Waals surface area contributed by atoms with Crippen molar-refractivity contribution in [2.45, 2.75) is 65.5 Å². The Kier molecular flexibility index (Phi) is 2.85. The van der Waals surface area contributed by atoms with E-state index >= 15 is 0 Å². The summed E-state index contributed by atoms with van der Waals surface area (Å²) >= 11 is 0. The Bertz CT molecular complexity index is 237. The fourth-order valence-electron chi connectivity index (χ4n) is 2.43. The van der Waals surface area contributed by atoms with E-state index in [9.17, 15) is 0 Å². The molecule has 1 aliphatic heterocycles. The zero-order chi connectivity index (χ0) is 11.2. The molecule has 0 N–H and O–H groups in total. The Labute approximate surface area is 93.3 Å². The largest absolute Gasteiger partial charge is 0.349 e. The zero-order valence-electron chi connectivity index (χ0n) is 10.6. The Hall–Kier alpha value is -0.0800. The third kappa shape index (κ3) is 2.21. The van der Waals surface area contributed by atoms with E-state index < -0.39 is 0 Å². The molecule has 0 aromatic heterocycles. The van der Waals surface area contributed by atoms with Gasteiger partial charge < -0.3 is 9.47 Å². The second kappa shape index (κ2) is 3.74. The van der Waals surface area contributed by atoms with E-state index in [0.717, 1.165) is 5.92 Å². The predicted octanol–water partition coefficient (Wildman–Crippen LogP) is 3.21. The molecule has 0 spiro atoms. The zero-order valence-corrected chi connectivity index (χ0v) is 10.6. The van der Waals surface area contributed by atoms with Crippen molar-refractivity contribution in [3.63, 3.8) is 0 Å². The van der Waals surface area contributed by atoms with Crippen molar-refractivity contribution in [3.8, 4) is 0 Å². The number of hydrogen-bond acceptors (Lipinski definition) is 2. The van der Waals surface area contributed by atoms with Crippen LogP contribution in [0.25, 0.3) is 0 Å². The summed E-state index contributed by atoms with van der Waals surface area (Å²) in [7, 11) is 0. The summed E-state index contributed by atoms with van der Waals surface area (Å²) in [6, 6.07) is 0. The van der Waals surface area contributed by atoms with Crippen molar-refractivity contribution < 1.29 is 9.47 Å². The first kappa shape index (κ1) is 11.4. The molecule has 2 rings (SSSR count). The van der Waals surface area contributed by atoms with Crippen LogP contribution in [0.2, 0.25) is 0 Å². The smallest absolute Gasteiger partial charge is 0.160 e. The SMILES string of the molecule is CC(C)[C@@H]1O[C@H](C(C)C)C[C@@H]2C[C@]2(C)O1. The number of rotatable bonds is 2. The van der Waals surface area contributed by atoms with E-state index in [1.807, 2.05) is 0 Å². The third-order valence-electron chi connectivity index (χ3n) is 3.85. The minimum Gasteiger partial charge on any atom is -0.349 e. The van der Waals surface area contributed by atoms with Crippen molar-refractivity contribution in [1.29, 1.82) is 0 Å². The second-order valence-electron chi connectivity index (χ2n) is 6.10. The first-order chi connectivity index (χ1) is 6.92. The van der Waals surface area contributed by atoms with Crippen LogP contribution in [-0.4, -0.2) is 18.0 Å². The van der Waals surface area contributed by atoms with Gasteiger partial charge in [0.15, 0.2) is 6.29 Å². The molecule has 0 aromatic rings. The average Bonchev–Trinajstić information content (AvgIpc) is 2.73. The predicted molar refractivity (Wildman–Crippen MR) is 60.6 cm³/mol. The highest BCUT2D eigenvalue weighted by molar-refractivity contribution is 5.04. The number of hydrogen-bond donors (Lipinski definition) is 0. The summed E-state index contributed by atoms with van der Waals surface area (Å²) in [6.45, 7) is 11.1. The maximum atomic E-state index is 6.09. The number of fused-ring (bicyclic) bond motifs is 1. The fourth-order valence-corrected chi connectivity index (χ4v) is 2.43. The molecule has 88 valence electrons. The van der Waals surface area contributed by atoms with Crippen molar-refractivity contribution in [2.24, 2.45) is 17.8 Å². The van der Waals surface area contributed by atoms with Crippen LogP contribution in [0.1, 0.15) is 47.5 Å². The van der Waals surface area contributed by atoms with E-state index in [-0.39, 0.29) is 11.9 Å². The van der Waals surface area contributed by atoms with Crippen molar-refractivity contribution >= 4 is 0 Å². The lowest BCUT2D eigenvalue weighted by atomic mass is 10.0. The van der Waals surface area contributed by atoms with Gasteiger partial charge >= 0.3 is 0 Å². The lowest BCUT2D eigenvalue weighted by Crippen LogP contribution is -2.32. The molecule has 2 nitrogen and oxygen atoms in total. The van der Waals surface area contributed by atoms with E-state index in [4.69, 9.17) is 9.47 Å². The first-order valence-corrected chi connectivity index (χ1v) is 6.25. The van der Waals surface area contributed by atoms with Gasteiger partial charge in [-0.2, -0.15) is 0 Å². The third-order valence-corrected chi connectivity index (χ3v) is 3.85. The maximum absolute atomic E-state index is 6.09. The molecular weight excluding hydrogens is 188 g/mol. The standard InChI is InChI=1S/C13H24O2/c1-8(2)11-6-10-7-13(10,5)15-12(14-11)9(3)4/h8-12H,6-7H2,1-5H3/t10-,11+,12-,13+/m1/s1. The van der Waals surface area contributed by atoms with Gasteiger partial charge in [0.05, 0.1) is 11.7 Å². The fraction of sp³-hybridized carbons (Fsp3) is 1.00.